The van der Waals surface area contributed by atoms with E-state index in [4.69, 9.17) is 0 Å². The fourth-order valence-corrected chi connectivity index (χ4v) is 0. The van der Waals surface area contributed by atoms with Crippen LogP contribution >= 0.6 is 0 Å². The maximum atomic E-state index is 0. The summed E-state index contributed by atoms with van der Waals surface area (Å²) >= 11 is 0. The first-order valence-electron chi connectivity index (χ1n) is 0. The van der Waals surface area contributed by atoms with E-state index in [0.717, 1.165) is 0 Å². The van der Waals surface area contributed by atoms with E-state index in [0.29, 0.717) is 0 Å². The molecule has 0 aromatic carbocycles. The molecule has 0 aliphatic heterocycles. The summed E-state index contributed by atoms with van der Waals surface area (Å²) in [4.78, 5) is 0. The summed E-state index contributed by atoms with van der Waals surface area (Å²) in [6.07, 6.45) is 0. The van der Waals surface area contributed by atoms with Crippen LogP contribution in [0.1, 0.15) is 0 Å². The zero-order chi connectivity index (χ0) is 0. The van der Waals surface area contributed by atoms with Gasteiger partial charge in [-0.05, 0) is 0 Å². The largest absolute Gasteiger partial charge is 0 e. The maximum absolute atomic E-state index is 0. The first-order valence-corrected chi connectivity index (χ1v) is 0. The van der Waals surface area contributed by atoms with Crippen LogP contribution in [0.15, 0.2) is 0 Å². The monoisotopic (exact) mass is 590 g/mol. The van der Waals surface area contributed by atoms with Gasteiger partial charge in [0.05, 0.1) is 0 Å². The third-order valence-corrected chi connectivity index (χ3v) is 0. The second kappa shape index (κ2) is 17.7. The Morgan fingerprint density at radius 1 is 1.00 bits per heavy atom. The summed E-state index contributed by atoms with van der Waals surface area (Å²) in [7, 11) is 0. The van der Waals surface area contributed by atoms with Crippen LogP contribution in [0.3, 0.4) is 0 Å². The van der Waals surface area contributed by atoms with Gasteiger partial charge in [0.1, 0.15) is 0 Å². The van der Waals surface area contributed by atoms with E-state index in [1.807, 2.05) is 0 Å². The fraction of sp³-hybridized carbons (Fsp3) is 0. The van der Waals surface area contributed by atoms with Gasteiger partial charge in [0, 0.05) is 78.9 Å². The average Bonchev–Trinajstić information content (AvgIpc) is 0. The molecule has 2 radical (unpaired) electrons. The summed E-state index contributed by atoms with van der Waals surface area (Å²) in [5, 5.41) is 0. The van der Waals surface area contributed by atoms with Gasteiger partial charge in [0.25, 0.3) is 0 Å². The zero-order valence-electron chi connectivity index (χ0n) is 1.37. The number of hydrogen-bond donors (Lipinski definition) is 0. The first-order chi connectivity index (χ1) is 0. The van der Waals surface area contributed by atoms with Gasteiger partial charge in [-0.1, -0.05) is 0 Å². The van der Waals surface area contributed by atoms with Gasteiger partial charge in [-0.25, -0.2) is 0 Å². The average molecular weight is 586 g/mol. The van der Waals surface area contributed by atoms with Gasteiger partial charge in [-0.3, -0.25) is 0 Å². The smallest absolute Gasteiger partial charge is 0 e. The molecular formula is IrOsRhRu. The Labute approximate surface area is 77.8 Å². The van der Waals surface area contributed by atoms with Crippen molar-refractivity contribution in [2.45, 2.75) is 0 Å². The molecule has 0 aromatic heterocycles. The van der Waals surface area contributed by atoms with Crippen molar-refractivity contribution in [3.63, 3.8) is 0 Å². The van der Waals surface area contributed by atoms with Crippen molar-refractivity contribution in [1.29, 1.82) is 0 Å². The predicted molar refractivity (Wildman–Crippen MR) is 0 cm³/mol. The van der Waals surface area contributed by atoms with E-state index in [1.165, 1.54) is 0 Å². The Kier molecular flexibility index (Phi) is 138. The van der Waals surface area contributed by atoms with Crippen LogP contribution in [0.5, 0.6) is 0 Å². The van der Waals surface area contributed by atoms with E-state index in [9.17, 15) is 0 Å². The summed E-state index contributed by atoms with van der Waals surface area (Å²) in [6, 6.07) is 0. The number of rotatable bonds is 0. The minimum Gasteiger partial charge on any atom is 0 e. The van der Waals surface area contributed by atoms with Crippen LogP contribution in [-0.2, 0) is 78.9 Å². The van der Waals surface area contributed by atoms with Gasteiger partial charge in [0.15, 0.2) is 0 Å². The SMILES string of the molecule is [Ir].[Os].[Rh].[Ru]. The predicted octanol–water partition coefficient (Wildman–Crippen LogP) is -0.0100. The molecule has 0 atom stereocenters. The van der Waals surface area contributed by atoms with Crippen molar-refractivity contribution >= 4 is 0 Å². The van der Waals surface area contributed by atoms with Crippen molar-refractivity contribution in [3.05, 3.63) is 0 Å². The second-order valence-electron chi connectivity index (χ2n) is 0. The minimum absolute atomic E-state index is 0. The molecule has 0 aliphatic rings. The van der Waals surface area contributed by atoms with E-state index in [-0.39, 0.29) is 78.9 Å². The third-order valence-electron chi connectivity index (χ3n) is 0. The molecular weight excluding hydrogens is 586 g/mol. The normalized spacial score (nSPS) is 0. The Morgan fingerprint density at radius 2 is 1.00 bits per heavy atom. The summed E-state index contributed by atoms with van der Waals surface area (Å²) in [6.45, 7) is 0. The quantitative estimate of drug-likeness (QED) is 0.351. The first kappa shape index (κ1) is 31.2. The molecule has 0 fully saturated rings. The van der Waals surface area contributed by atoms with Crippen LogP contribution in [-0.4, -0.2) is 0 Å². The molecule has 0 aliphatic carbocycles. The molecule has 0 spiro atoms. The summed E-state index contributed by atoms with van der Waals surface area (Å²) in [5.74, 6) is 0. The second-order valence-corrected chi connectivity index (χ2v) is 0. The molecule has 0 saturated heterocycles. The van der Waals surface area contributed by atoms with Crippen LogP contribution < -0.4 is 0 Å². The van der Waals surface area contributed by atoms with E-state index in [1.54, 1.807) is 0 Å². The molecule has 0 heterocycles. The Hall–Kier alpha value is 2.53. The van der Waals surface area contributed by atoms with Crippen LogP contribution in [0.25, 0.3) is 0 Å². The van der Waals surface area contributed by atoms with Gasteiger partial charge >= 0.3 is 0 Å². The van der Waals surface area contributed by atoms with Crippen molar-refractivity contribution in [3.8, 4) is 0 Å². The fourth-order valence-electron chi connectivity index (χ4n) is 0. The van der Waals surface area contributed by atoms with Crippen molar-refractivity contribution in [2.24, 2.45) is 0 Å². The molecule has 4 heteroatoms. The zero-order valence-corrected chi connectivity index (χ0v) is 9.69. The topological polar surface area (TPSA) is 0 Å². The van der Waals surface area contributed by atoms with Crippen molar-refractivity contribution < 1.29 is 78.9 Å². The molecule has 0 bridgehead atoms. The number of hydrogen-bond acceptors (Lipinski definition) is 0. The van der Waals surface area contributed by atoms with E-state index < -0.39 is 0 Å². The maximum Gasteiger partial charge on any atom is 0 e. The van der Waals surface area contributed by atoms with Gasteiger partial charge in [-0.2, -0.15) is 0 Å². The molecule has 34 valence electrons. The summed E-state index contributed by atoms with van der Waals surface area (Å²) in [5.41, 5.74) is 0. The molecule has 0 amide bonds. The van der Waals surface area contributed by atoms with Crippen molar-refractivity contribution in [1.82, 2.24) is 0 Å². The standard InChI is InChI=1S/Ir.Os.Rh.Ru. The third kappa shape index (κ3) is 8.82. The van der Waals surface area contributed by atoms with Gasteiger partial charge in [0.2, 0.25) is 0 Å². The van der Waals surface area contributed by atoms with Crippen LogP contribution in [0, 0.1) is 0 Å². The molecule has 0 aromatic rings. The van der Waals surface area contributed by atoms with Gasteiger partial charge < -0.3 is 0 Å². The molecule has 0 saturated carbocycles. The van der Waals surface area contributed by atoms with Crippen molar-refractivity contribution in [2.75, 3.05) is 0 Å². The van der Waals surface area contributed by atoms with Crippen LogP contribution in [0.2, 0.25) is 0 Å². The molecule has 0 N–H and O–H groups in total. The van der Waals surface area contributed by atoms with Crippen LogP contribution in [0.4, 0.5) is 0 Å². The molecule has 0 nitrogen and oxygen atoms in total. The molecule has 0 unspecified atom stereocenters. The van der Waals surface area contributed by atoms with E-state index >= 15 is 0 Å². The minimum atomic E-state index is 0. The Morgan fingerprint density at radius 3 is 1.00 bits per heavy atom. The Balaban J connectivity index is 0. The molecule has 4 heavy (non-hydrogen) atoms. The summed E-state index contributed by atoms with van der Waals surface area (Å²) < 4.78 is 0. The van der Waals surface area contributed by atoms with Gasteiger partial charge in [-0.15, -0.1) is 0 Å². The Bertz CT molecular complexity index is 8.00. The van der Waals surface area contributed by atoms with E-state index in [2.05, 4.69) is 0 Å². The molecule has 0 rings (SSSR count).